The quantitative estimate of drug-likeness (QED) is 0.856. The molecule has 1 saturated heterocycles. The van der Waals surface area contributed by atoms with Crippen LogP contribution in [0.1, 0.15) is 40.2 Å². The zero-order valence-electron chi connectivity index (χ0n) is 13.0. The first-order valence-electron chi connectivity index (χ1n) is 7.97. The van der Waals surface area contributed by atoms with Gasteiger partial charge >= 0.3 is 0 Å². The first-order chi connectivity index (χ1) is 10.7. The van der Waals surface area contributed by atoms with E-state index >= 15 is 0 Å². The Morgan fingerprint density at radius 3 is 2.91 bits per heavy atom. The largest absolute Gasteiger partial charge is 0.338 e. The molecule has 22 heavy (non-hydrogen) atoms. The molecule has 4 heteroatoms. The van der Waals surface area contributed by atoms with Crippen LogP contribution in [-0.2, 0) is 6.42 Å². The highest BCUT2D eigenvalue weighted by atomic mass is 32.1. The Hall–Kier alpha value is -1.68. The molecule has 0 spiro atoms. The number of carbonyl (C=O) groups excluding carboxylic acids is 1. The predicted octanol–water partition coefficient (Wildman–Crippen LogP) is 3.94. The normalized spacial score (nSPS) is 18.4. The molecule has 0 unspecified atom stereocenters. The van der Waals surface area contributed by atoms with Crippen LogP contribution >= 0.6 is 11.3 Å². The van der Waals surface area contributed by atoms with Gasteiger partial charge < -0.3 is 4.90 Å². The van der Waals surface area contributed by atoms with Crippen molar-refractivity contribution in [3.8, 4) is 0 Å². The minimum atomic E-state index is 0.171. The zero-order valence-corrected chi connectivity index (χ0v) is 13.8. The van der Waals surface area contributed by atoms with Gasteiger partial charge in [0, 0.05) is 13.1 Å². The molecule has 0 bridgehead atoms. The van der Waals surface area contributed by atoms with E-state index in [2.05, 4.69) is 35.3 Å². The molecule has 0 saturated carbocycles. The third-order valence-corrected chi connectivity index (χ3v) is 5.35. The summed E-state index contributed by atoms with van der Waals surface area (Å²) < 4.78 is 0. The number of amides is 1. The Bertz CT molecular complexity index is 623. The number of likely N-dealkylation sites (tertiary alicyclic amines) is 1. The lowest BCUT2D eigenvalue weighted by Crippen LogP contribution is -2.40. The van der Waals surface area contributed by atoms with Crippen molar-refractivity contribution >= 4 is 17.2 Å². The van der Waals surface area contributed by atoms with Crippen LogP contribution in [0.25, 0.3) is 0 Å². The number of carbonyl (C=O) groups is 1. The van der Waals surface area contributed by atoms with Crippen LogP contribution < -0.4 is 0 Å². The lowest BCUT2D eigenvalue weighted by atomic mass is 9.91. The highest BCUT2D eigenvalue weighted by Gasteiger charge is 2.26. The van der Waals surface area contributed by atoms with Gasteiger partial charge in [0.2, 0.25) is 0 Å². The van der Waals surface area contributed by atoms with Crippen LogP contribution in [0.15, 0.2) is 35.8 Å². The number of benzene rings is 1. The minimum Gasteiger partial charge on any atom is -0.338 e. The van der Waals surface area contributed by atoms with E-state index in [4.69, 9.17) is 0 Å². The Morgan fingerprint density at radius 1 is 1.36 bits per heavy atom. The lowest BCUT2D eigenvalue weighted by Gasteiger charge is -2.32. The predicted molar refractivity (Wildman–Crippen MR) is 90.2 cm³/mol. The molecule has 2 aromatic rings. The number of aromatic nitrogens is 1. The first kappa shape index (κ1) is 15.2. The average molecular weight is 314 g/mol. The Labute approximate surface area is 136 Å². The standard InChI is InChI=1S/C18H22N2OS/c1-14-17(22-13-19-14)18(21)20-11-5-8-16(12-20)10-9-15-6-3-2-4-7-15/h2-4,6-7,13,16H,5,8-12H2,1H3/t16-/m0/s1. The summed E-state index contributed by atoms with van der Waals surface area (Å²) in [6.45, 7) is 3.70. The number of rotatable bonds is 4. The molecular weight excluding hydrogens is 292 g/mol. The summed E-state index contributed by atoms with van der Waals surface area (Å²) in [6, 6.07) is 10.6. The van der Waals surface area contributed by atoms with Crippen molar-refractivity contribution < 1.29 is 4.79 Å². The van der Waals surface area contributed by atoms with Gasteiger partial charge in [0.05, 0.1) is 11.2 Å². The van der Waals surface area contributed by atoms with Gasteiger partial charge in [-0.15, -0.1) is 11.3 Å². The van der Waals surface area contributed by atoms with Gasteiger partial charge in [-0.2, -0.15) is 0 Å². The topological polar surface area (TPSA) is 33.2 Å². The number of piperidine rings is 1. The van der Waals surface area contributed by atoms with Crippen molar-refractivity contribution in [1.82, 2.24) is 9.88 Å². The Balaban J connectivity index is 1.57. The second-order valence-corrected chi connectivity index (χ2v) is 6.91. The fraction of sp³-hybridized carbons (Fsp3) is 0.444. The first-order valence-corrected chi connectivity index (χ1v) is 8.85. The summed E-state index contributed by atoms with van der Waals surface area (Å²) in [5.41, 5.74) is 4.02. The van der Waals surface area contributed by atoms with Crippen molar-refractivity contribution in [2.24, 2.45) is 5.92 Å². The fourth-order valence-electron chi connectivity index (χ4n) is 3.15. The van der Waals surface area contributed by atoms with Crippen LogP contribution in [0.5, 0.6) is 0 Å². The van der Waals surface area contributed by atoms with E-state index in [1.165, 1.54) is 23.3 Å². The van der Waals surface area contributed by atoms with Crippen LogP contribution in [0.2, 0.25) is 0 Å². The summed E-state index contributed by atoms with van der Waals surface area (Å²) in [5, 5.41) is 0. The van der Waals surface area contributed by atoms with Crippen LogP contribution in [0, 0.1) is 12.8 Å². The highest BCUT2D eigenvalue weighted by Crippen LogP contribution is 2.24. The van der Waals surface area contributed by atoms with Crippen LogP contribution in [0.4, 0.5) is 0 Å². The summed E-state index contributed by atoms with van der Waals surface area (Å²) >= 11 is 1.46. The van der Waals surface area contributed by atoms with Crippen molar-refractivity contribution in [2.75, 3.05) is 13.1 Å². The van der Waals surface area contributed by atoms with Crippen molar-refractivity contribution in [3.63, 3.8) is 0 Å². The summed E-state index contributed by atoms with van der Waals surface area (Å²) in [7, 11) is 0. The van der Waals surface area contributed by atoms with Gasteiger partial charge in [-0.05, 0) is 44.1 Å². The maximum atomic E-state index is 12.6. The number of nitrogens with zero attached hydrogens (tertiary/aromatic N) is 2. The number of hydrogen-bond donors (Lipinski definition) is 0. The van der Waals surface area contributed by atoms with Crippen molar-refractivity contribution in [1.29, 1.82) is 0 Å². The van der Waals surface area contributed by atoms with E-state index in [-0.39, 0.29) is 5.91 Å². The van der Waals surface area contributed by atoms with Gasteiger partial charge in [-0.1, -0.05) is 30.3 Å². The van der Waals surface area contributed by atoms with Crippen molar-refractivity contribution in [3.05, 3.63) is 52.0 Å². The van der Waals surface area contributed by atoms with E-state index in [1.807, 2.05) is 11.8 Å². The Kier molecular flexibility index (Phi) is 4.88. The second-order valence-electron chi connectivity index (χ2n) is 6.05. The van der Waals surface area contributed by atoms with Gasteiger partial charge in [0.25, 0.3) is 5.91 Å². The van der Waals surface area contributed by atoms with Crippen LogP contribution in [-0.4, -0.2) is 28.9 Å². The van der Waals surface area contributed by atoms with Gasteiger partial charge in [-0.25, -0.2) is 4.98 Å². The molecule has 1 aromatic carbocycles. The molecule has 1 aliphatic rings. The molecule has 116 valence electrons. The highest BCUT2D eigenvalue weighted by molar-refractivity contribution is 7.11. The number of thiazole rings is 1. The molecule has 3 rings (SSSR count). The molecule has 1 aliphatic heterocycles. The van der Waals surface area contributed by atoms with E-state index < -0.39 is 0 Å². The fourth-order valence-corrected chi connectivity index (χ4v) is 3.92. The third kappa shape index (κ3) is 3.55. The summed E-state index contributed by atoms with van der Waals surface area (Å²) in [6.07, 6.45) is 4.62. The van der Waals surface area contributed by atoms with E-state index in [0.29, 0.717) is 5.92 Å². The molecule has 3 nitrogen and oxygen atoms in total. The number of aryl methyl sites for hydroxylation is 2. The molecule has 0 N–H and O–H groups in total. The molecule has 2 heterocycles. The molecule has 1 fully saturated rings. The maximum absolute atomic E-state index is 12.6. The summed E-state index contributed by atoms with van der Waals surface area (Å²) in [4.78, 5) is 19.6. The molecule has 1 aromatic heterocycles. The average Bonchev–Trinajstić information content (AvgIpc) is 2.99. The molecule has 0 aliphatic carbocycles. The SMILES string of the molecule is Cc1ncsc1C(=O)N1CCC[C@@H](CCc2ccccc2)C1. The molecule has 1 amide bonds. The third-order valence-electron chi connectivity index (χ3n) is 4.43. The maximum Gasteiger partial charge on any atom is 0.265 e. The van der Waals surface area contributed by atoms with Crippen molar-refractivity contribution in [2.45, 2.75) is 32.6 Å². The lowest BCUT2D eigenvalue weighted by molar-refractivity contribution is 0.0672. The second kappa shape index (κ2) is 7.05. The van der Waals surface area contributed by atoms with Gasteiger partial charge in [0.15, 0.2) is 0 Å². The van der Waals surface area contributed by atoms with E-state index in [1.54, 1.807) is 5.51 Å². The minimum absolute atomic E-state index is 0.171. The zero-order chi connectivity index (χ0) is 15.4. The summed E-state index contributed by atoms with van der Waals surface area (Å²) in [5.74, 6) is 0.788. The smallest absolute Gasteiger partial charge is 0.265 e. The van der Waals surface area contributed by atoms with E-state index in [0.717, 1.165) is 42.9 Å². The molecular formula is C18H22N2OS. The molecule has 1 atom stereocenters. The van der Waals surface area contributed by atoms with E-state index in [9.17, 15) is 4.79 Å². The molecule has 0 radical (unpaired) electrons. The Morgan fingerprint density at radius 2 is 2.18 bits per heavy atom. The van der Waals surface area contributed by atoms with Gasteiger partial charge in [-0.3, -0.25) is 4.79 Å². The van der Waals surface area contributed by atoms with Gasteiger partial charge in [0.1, 0.15) is 4.88 Å². The monoisotopic (exact) mass is 314 g/mol. The number of hydrogen-bond acceptors (Lipinski definition) is 3. The van der Waals surface area contributed by atoms with Crippen LogP contribution in [0.3, 0.4) is 0 Å².